The molecule has 1 fully saturated rings. The molecule has 3 nitrogen and oxygen atoms in total. The van der Waals surface area contributed by atoms with Crippen molar-refractivity contribution in [1.29, 1.82) is 0 Å². The summed E-state index contributed by atoms with van der Waals surface area (Å²) in [6.45, 7) is 4.09. The second kappa shape index (κ2) is 7.90. The Morgan fingerprint density at radius 3 is 2.42 bits per heavy atom. The van der Waals surface area contributed by atoms with Crippen LogP contribution in [0.5, 0.6) is 5.75 Å². The van der Waals surface area contributed by atoms with E-state index in [-0.39, 0.29) is 17.8 Å². The SMILES string of the molecule is CC[C@H](C)Oc1ccc(NC(=O)C2(c3ccccc3F)CCCC2)cc1. The molecular formula is C22H26FNO2. The van der Waals surface area contributed by atoms with Crippen LogP contribution in [0.1, 0.15) is 51.5 Å². The minimum Gasteiger partial charge on any atom is -0.491 e. The number of rotatable bonds is 6. The van der Waals surface area contributed by atoms with Crippen LogP contribution in [0.4, 0.5) is 10.1 Å². The first-order valence-corrected chi connectivity index (χ1v) is 9.38. The summed E-state index contributed by atoms with van der Waals surface area (Å²) < 4.78 is 20.2. The number of ether oxygens (including phenoxy) is 1. The van der Waals surface area contributed by atoms with Crippen molar-refractivity contribution >= 4 is 11.6 Å². The predicted octanol–water partition coefficient (Wildman–Crippen LogP) is 5.45. The topological polar surface area (TPSA) is 38.3 Å². The zero-order valence-corrected chi connectivity index (χ0v) is 15.4. The van der Waals surface area contributed by atoms with E-state index in [4.69, 9.17) is 4.74 Å². The highest BCUT2D eigenvalue weighted by molar-refractivity contribution is 5.99. The molecule has 3 rings (SSSR count). The molecule has 138 valence electrons. The average molecular weight is 355 g/mol. The Bertz CT molecular complexity index is 751. The third kappa shape index (κ3) is 3.74. The number of benzene rings is 2. The number of hydrogen-bond donors (Lipinski definition) is 1. The molecule has 0 aromatic heterocycles. The Morgan fingerprint density at radius 2 is 1.81 bits per heavy atom. The summed E-state index contributed by atoms with van der Waals surface area (Å²) in [5.41, 5.74) is 0.429. The molecule has 2 aromatic rings. The fourth-order valence-corrected chi connectivity index (χ4v) is 3.63. The molecule has 1 saturated carbocycles. The number of halogens is 1. The highest BCUT2D eigenvalue weighted by Crippen LogP contribution is 2.43. The van der Waals surface area contributed by atoms with Gasteiger partial charge < -0.3 is 10.1 Å². The van der Waals surface area contributed by atoms with E-state index in [1.165, 1.54) is 6.07 Å². The molecule has 1 aliphatic carbocycles. The number of amides is 1. The number of hydrogen-bond acceptors (Lipinski definition) is 2. The quantitative estimate of drug-likeness (QED) is 0.748. The molecule has 0 saturated heterocycles. The number of carbonyl (C=O) groups excluding carboxylic acids is 1. The zero-order valence-electron chi connectivity index (χ0n) is 15.4. The second-order valence-corrected chi connectivity index (χ2v) is 7.08. The number of anilines is 1. The van der Waals surface area contributed by atoms with Gasteiger partial charge >= 0.3 is 0 Å². The maximum atomic E-state index is 14.4. The van der Waals surface area contributed by atoms with E-state index in [1.807, 2.05) is 31.2 Å². The molecule has 0 aliphatic heterocycles. The maximum Gasteiger partial charge on any atom is 0.235 e. The van der Waals surface area contributed by atoms with Crippen LogP contribution in [0.3, 0.4) is 0 Å². The monoisotopic (exact) mass is 355 g/mol. The highest BCUT2D eigenvalue weighted by atomic mass is 19.1. The van der Waals surface area contributed by atoms with Gasteiger partial charge in [-0.1, -0.05) is 38.0 Å². The van der Waals surface area contributed by atoms with E-state index >= 15 is 0 Å². The summed E-state index contributed by atoms with van der Waals surface area (Å²) >= 11 is 0. The van der Waals surface area contributed by atoms with Crippen LogP contribution in [-0.4, -0.2) is 12.0 Å². The Labute approximate surface area is 154 Å². The van der Waals surface area contributed by atoms with Gasteiger partial charge in [-0.05, 0) is 56.5 Å². The Morgan fingerprint density at radius 1 is 1.15 bits per heavy atom. The number of carbonyl (C=O) groups is 1. The lowest BCUT2D eigenvalue weighted by Gasteiger charge is -2.28. The summed E-state index contributed by atoms with van der Waals surface area (Å²) in [4.78, 5) is 13.1. The van der Waals surface area contributed by atoms with E-state index in [1.54, 1.807) is 18.2 Å². The predicted molar refractivity (Wildman–Crippen MR) is 102 cm³/mol. The molecule has 0 spiro atoms. The molecule has 0 radical (unpaired) electrons. The molecule has 4 heteroatoms. The van der Waals surface area contributed by atoms with Crippen molar-refractivity contribution in [2.45, 2.75) is 57.5 Å². The Hall–Kier alpha value is -2.36. The van der Waals surface area contributed by atoms with E-state index in [2.05, 4.69) is 12.2 Å². The van der Waals surface area contributed by atoms with E-state index < -0.39 is 5.41 Å². The third-order valence-electron chi connectivity index (χ3n) is 5.31. The van der Waals surface area contributed by atoms with Crippen LogP contribution in [0.25, 0.3) is 0 Å². The van der Waals surface area contributed by atoms with E-state index in [0.29, 0.717) is 24.1 Å². The first kappa shape index (κ1) is 18.4. The molecule has 1 atom stereocenters. The smallest absolute Gasteiger partial charge is 0.235 e. The molecule has 1 N–H and O–H groups in total. The number of nitrogens with one attached hydrogen (secondary N) is 1. The maximum absolute atomic E-state index is 14.4. The summed E-state index contributed by atoms with van der Waals surface area (Å²) in [5, 5.41) is 2.98. The molecule has 2 aromatic carbocycles. The van der Waals surface area contributed by atoms with Gasteiger partial charge in [0, 0.05) is 11.3 Å². The van der Waals surface area contributed by atoms with Gasteiger partial charge in [-0.25, -0.2) is 4.39 Å². The fraction of sp³-hybridized carbons (Fsp3) is 0.409. The van der Waals surface area contributed by atoms with Crippen LogP contribution in [0, 0.1) is 5.82 Å². The van der Waals surface area contributed by atoms with Crippen LogP contribution >= 0.6 is 0 Å². The van der Waals surface area contributed by atoms with Gasteiger partial charge in [0.1, 0.15) is 11.6 Å². The van der Waals surface area contributed by atoms with Gasteiger partial charge in [-0.3, -0.25) is 4.79 Å². The summed E-state index contributed by atoms with van der Waals surface area (Å²) in [7, 11) is 0. The zero-order chi connectivity index (χ0) is 18.6. The van der Waals surface area contributed by atoms with Crippen molar-refractivity contribution in [1.82, 2.24) is 0 Å². The standard InChI is InChI=1S/C22H26FNO2/c1-3-16(2)26-18-12-10-17(11-13-18)24-21(25)22(14-6-7-15-22)19-8-4-5-9-20(19)23/h4-5,8-13,16H,3,6-7,14-15H2,1-2H3,(H,24,25)/t16-/m0/s1. The lowest BCUT2D eigenvalue weighted by Crippen LogP contribution is -2.38. The lowest BCUT2D eigenvalue weighted by atomic mass is 9.77. The molecule has 1 amide bonds. The van der Waals surface area contributed by atoms with E-state index in [0.717, 1.165) is 25.0 Å². The van der Waals surface area contributed by atoms with Crippen LogP contribution in [0.15, 0.2) is 48.5 Å². The van der Waals surface area contributed by atoms with Gasteiger partial charge in [0.2, 0.25) is 5.91 Å². The molecule has 0 bridgehead atoms. The van der Waals surface area contributed by atoms with Gasteiger partial charge in [0.25, 0.3) is 0 Å². The second-order valence-electron chi connectivity index (χ2n) is 7.08. The molecule has 0 unspecified atom stereocenters. The van der Waals surface area contributed by atoms with Crippen molar-refractivity contribution in [3.8, 4) is 5.75 Å². The first-order chi connectivity index (χ1) is 12.5. The van der Waals surface area contributed by atoms with Crippen LogP contribution in [0.2, 0.25) is 0 Å². The molecule has 1 aliphatic rings. The van der Waals surface area contributed by atoms with Gasteiger partial charge in [-0.2, -0.15) is 0 Å². The molecular weight excluding hydrogens is 329 g/mol. The third-order valence-corrected chi connectivity index (χ3v) is 5.31. The lowest BCUT2D eigenvalue weighted by molar-refractivity contribution is -0.121. The van der Waals surface area contributed by atoms with Crippen LogP contribution in [-0.2, 0) is 10.2 Å². The minimum atomic E-state index is -0.781. The van der Waals surface area contributed by atoms with Gasteiger partial charge in [0.15, 0.2) is 0 Å². The summed E-state index contributed by atoms with van der Waals surface area (Å²) in [6.07, 6.45) is 4.30. The molecule has 26 heavy (non-hydrogen) atoms. The summed E-state index contributed by atoms with van der Waals surface area (Å²) in [6, 6.07) is 14.0. The van der Waals surface area contributed by atoms with Crippen molar-refractivity contribution in [2.75, 3.05) is 5.32 Å². The fourth-order valence-electron chi connectivity index (χ4n) is 3.63. The Kier molecular flexibility index (Phi) is 5.60. The van der Waals surface area contributed by atoms with Crippen molar-refractivity contribution < 1.29 is 13.9 Å². The van der Waals surface area contributed by atoms with E-state index in [9.17, 15) is 9.18 Å². The minimum absolute atomic E-state index is 0.129. The normalized spacial score (nSPS) is 16.9. The van der Waals surface area contributed by atoms with Crippen molar-refractivity contribution in [2.24, 2.45) is 0 Å². The largest absolute Gasteiger partial charge is 0.491 e. The molecule has 0 heterocycles. The highest BCUT2D eigenvalue weighted by Gasteiger charge is 2.44. The average Bonchev–Trinajstić information content (AvgIpc) is 3.14. The first-order valence-electron chi connectivity index (χ1n) is 9.38. The summed E-state index contributed by atoms with van der Waals surface area (Å²) in [5.74, 6) is 0.347. The Balaban J connectivity index is 1.78. The van der Waals surface area contributed by atoms with Crippen LogP contribution < -0.4 is 10.1 Å². The van der Waals surface area contributed by atoms with Gasteiger partial charge in [0.05, 0.1) is 11.5 Å². The van der Waals surface area contributed by atoms with Crippen molar-refractivity contribution in [3.63, 3.8) is 0 Å². The van der Waals surface area contributed by atoms with Gasteiger partial charge in [-0.15, -0.1) is 0 Å². The van der Waals surface area contributed by atoms with Crippen molar-refractivity contribution in [3.05, 3.63) is 59.9 Å².